The number of nitrogens with one attached hydrogen (secondary N) is 2. The number of nitrogens with zero attached hydrogens (tertiary/aromatic N) is 2. The zero-order valence-corrected chi connectivity index (χ0v) is 16.9. The van der Waals surface area contributed by atoms with Crippen molar-refractivity contribution < 1.29 is 13.9 Å². The smallest absolute Gasteiger partial charge is 0.275 e. The van der Waals surface area contributed by atoms with Gasteiger partial charge in [0, 0.05) is 29.8 Å². The second kappa shape index (κ2) is 10.6. The molecule has 0 aliphatic carbocycles. The fourth-order valence-corrected chi connectivity index (χ4v) is 3.62. The molecule has 3 rings (SSSR count). The zero-order chi connectivity index (χ0) is 20.5. The first kappa shape index (κ1) is 20.9. The van der Waals surface area contributed by atoms with Crippen LogP contribution in [0.15, 0.2) is 54.2 Å². The largest absolute Gasteiger partial charge is 0.487 e. The molecule has 29 heavy (non-hydrogen) atoms. The van der Waals surface area contributed by atoms with Crippen molar-refractivity contribution in [1.82, 2.24) is 15.3 Å². The van der Waals surface area contributed by atoms with Gasteiger partial charge in [0.05, 0.1) is 6.20 Å². The van der Waals surface area contributed by atoms with E-state index in [0.717, 1.165) is 25.1 Å². The van der Waals surface area contributed by atoms with Crippen LogP contribution >= 0.6 is 11.3 Å². The average Bonchev–Trinajstić information content (AvgIpc) is 3.42. The molecule has 1 amide bonds. The molecule has 8 heteroatoms. The molecule has 1 saturated heterocycles. The van der Waals surface area contributed by atoms with Gasteiger partial charge in [-0.1, -0.05) is 30.4 Å². The summed E-state index contributed by atoms with van der Waals surface area (Å²) in [6.45, 7) is 3.08. The summed E-state index contributed by atoms with van der Waals surface area (Å²) in [6.07, 6.45) is 12.7. The van der Waals surface area contributed by atoms with Crippen LogP contribution in [0.3, 0.4) is 0 Å². The maximum absolute atomic E-state index is 12.7. The van der Waals surface area contributed by atoms with Crippen molar-refractivity contribution in [1.29, 1.82) is 0 Å². The van der Waals surface area contributed by atoms with E-state index in [1.165, 1.54) is 17.4 Å². The lowest BCUT2D eigenvalue weighted by Gasteiger charge is -2.15. The molecule has 3 heterocycles. The standard InChI is InChI=1S/C21H23FN4O2S/c1-2-15(6-4-3-5-9-22)21-26-18(14-29-21)20(27)25-17-13-24-11-8-19(17)28-16-7-10-23-12-16/h2-6,8,11,13-14,16,23H,7,9-10,12H2,1H3,(H,25,27). The van der Waals surface area contributed by atoms with Crippen molar-refractivity contribution >= 4 is 28.5 Å². The summed E-state index contributed by atoms with van der Waals surface area (Å²) >= 11 is 1.37. The molecular formula is C21H23FN4O2S. The molecule has 1 fully saturated rings. The number of aromatic nitrogens is 2. The lowest BCUT2D eigenvalue weighted by Crippen LogP contribution is -2.21. The van der Waals surface area contributed by atoms with Crippen LogP contribution in [0, 0.1) is 0 Å². The maximum Gasteiger partial charge on any atom is 0.275 e. The van der Waals surface area contributed by atoms with Crippen LogP contribution in [0.5, 0.6) is 5.75 Å². The summed E-state index contributed by atoms with van der Waals surface area (Å²) in [4.78, 5) is 21.2. The van der Waals surface area contributed by atoms with E-state index < -0.39 is 6.67 Å². The van der Waals surface area contributed by atoms with Crippen LogP contribution in [0.1, 0.15) is 28.8 Å². The van der Waals surface area contributed by atoms with Crippen molar-refractivity contribution in [2.45, 2.75) is 19.4 Å². The van der Waals surface area contributed by atoms with Crippen molar-refractivity contribution in [3.63, 3.8) is 0 Å². The maximum atomic E-state index is 12.7. The van der Waals surface area contributed by atoms with E-state index in [1.807, 2.05) is 19.1 Å². The third-order valence-electron chi connectivity index (χ3n) is 4.24. The molecule has 1 atom stereocenters. The number of pyridine rings is 1. The lowest BCUT2D eigenvalue weighted by atomic mass is 10.2. The molecule has 2 aromatic heterocycles. The monoisotopic (exact) mass is 414 g/mol. The molecule has 1 aliphatic heterocycles. The normalized spacial score (nSPS) is 17.3. The van der Waals surface area contributed by atoms with Crippen molar-refractivity contribution in [3.05, 3.63) is 64.9 Å². The third kappa shape index (κ3) is 5.82. The van der Waals surface area contributed by atoms with Crippen LogP contribution in [-0.4, -0.2) is 41.7 Å². The molecule has 2 aromatic rings. The minimum atomic E-state index is -0.506. The van der Waals surface area contributed by atoms with E-state index >= 15 is 0 Å². The zero-order valence-electron chi connectivity index (χ0n) is 16.1. The number of carbonyl (C=O) groups is 1. The number of alkyl halides is 1. The number of amides is 1. The molecule has 0 bridgehead atoms. The first-order valence-electron chi connectivity index (χ1n) is 9.35. The van der Waals surface area contributed by atoms with Gasteiger partial charge in [-0.3, -0.25) is 9.78 Å². The third-order valence-corrected chi connectivity index (χ3v) is 5.14. The number of rotatable bonds is 8. The Morgan fingerprint density at radius 1 is 1.48 bits per heavy atom. The predicted octanol–water partition coefficient (Wildman–Crippen LogP) is 4.02. The first-order chi connectivity index (χ1) is 14.2. The van der Waals surface area contributed by atoms with Gasteiger partial charge in [-0.05, 0) is 19.9 Å². The molecular weight excluding hydrogens is 391 g/mol. The summed E-state index contributed by atoms with van der Waals surface area (Å²) < 4.78 is 18.1. The SMILES string of the molecule is CC=C(C=CC=CCF)c1nc(C(=O)Nc2cnccc2OC2CCNC2)cs1. The minimum Gasteiger partial charge on any atom is -0.487 e. The Kier molecular flexibility index (Phi) is 7.66. The Morgan fingerprint density at radius 3 is 3.14 bits per heavy atom. The van der Waals surface area contributed by atoms with Gasteiger partial charge in [0.1, 0.15) is 34.9 Å². The number of anilines is 1. The molecule has 152 valence electrons. The summed E-state index contributed by atoms with van der Waals surface area (Å²) in [5.41, 5.74) is 1.69. The molecule has 0 spiro atoms. The van der Waals surface area contributed by atoms with Crippen LogP contribution < -0.4 is 15.4 Å². The van der Waals surface area contributed by atoms with Gasteiger partial charge in [0.15, 0.2) is 0 Å². The van der Waals surface area contributed by atoms with Gasteiger partial charge >= 0.3 is 0 Å². The Balaban J connectivity index is 1.69. The van der Waals surface area contributed by atoms with Crippen molar-refractivity contribution in [2.24, 2.45) is 0 Å². The van der Waals surface area contributed by atoms with Gasteiger partial charge in [0.2, 0.25) is 0 Å². The summed E-state index contributed by atoms with van der Waals surface area (Å²) in [7, 11) is 0. The second-order valence-corrected chi connectivity index (χ2v) is 7.14. The molecule has 0 saturated carbocycles. The molecule has 1 unspecified atom stereocenters. The van der Waals surface area contributed by atoms with Gasteiger partial charge in [-0.15, -0.1) is 11.3 Å². The lowest BCUT2D eigenvalue weighted by molar-refractivity contribution is 0.102. The second-order valence-electron chi connectivity index (χ2n) is 6.28. The number of ether oxygens (including phenoxy) is 1. The topological polar surface area (TPSA) is 76.1 Å². The molecule has 0 aromatic carbocycles. The summed E-state index contributed by atoms with van der Waals surface area (Å²) in [5, 5.41) is 8.50. The molecule has 0 radical (unpaired) electrons. The Hall–Kier alpha value is -2.84. The highest BCUT2D eigenvalue weighted by Crippen LogP contribution is 2.26. The fraction of sp³-hybridized carbons (Fsp3) is 0.286. The quantitative estimate of drug-likeness (QED) is 0.638. The van der Waals surface area contributed by atoms with Crippen molar-refractivity contribution in [2.75, 3.05) is 25.1 Å². The first-order valence-corrected chi connectivity index (χ1v) is 10.2. The van der Waals surface area contributed by atoms with E-state index in [2.05, 4.69) is 20.6 Å². The van der Waals surface area contributed by atoms with Crippen LogP contribution in [0.4, 0.5) is 10.1 Å². The van der Waals surface area contributed by atoms with E-state index in [1.54, 1.807) is 36.0 Å². The van der Waals surface area contributed by atoms with Crippen LogP contribution in [-0.2, 0) is 0 Å². The molecule has 1 aliphatic rings. The van der Waals surface area contributed by atoms with E-state index in [9.17, 15) is 9.18 Å². The Morgan fingerprint density at radius 2 is 2.38 bits per heavy atom. The summed E-state index contributed by atoms with van der Waals surface area (Å²) in [5.74, 6) is 0.265. The Labute approximate surface area is 173 Å². The number of allylic oxidation sites excluding steroid dienone is 6. The van der Waals surface area contributed by atoms with E-state index in [-0.39, 0.29) is 12.0 Å². The van der Waals surface area contributed by atoms with Crippen LogP contribution in [0.25, 0.3) is 5.57 Å². The Bertz CT molecular complexity index is 917. The number of carbonyl (C=O) groups excluding carboxylic acids is 1. The highest BCUT2D eigenvalue weighted by Gasteiger charge is 2.19. The van der Waals surface area contributed by atoms with Gasteiger partial charge in [-0.2, -0.15) is 0 Å². The van der Waals surface area contributed by atoms with E-state index in [4.69, 9.17) is 4.74 Å². The number of hydrogen-bond acceptors (Lipinski definition) is 6. The van der Waals surface area contributed by atoms with Gasteiger partial charge in [0.25, 0.3) is 5.91 Å². The summed E-state index contributed by atoms with van der Waals surface area (Å²) in [6, 6.07) is 1.74. The average molecular weight is 415 g/mol. The minimum absolute atomic E-state index is 0.0782. The number of halogens is 1. The highest BCUT2D eigenvalue weighted by atomic mass is 32.1. The van der Waals surface area contributed by atoms with Gasteiger partial charge in [-0.25, -0.2) is 9.37 Å². The molecule has 6 nitrogen and oxygen atoms in total. The molecule has 2 N–H and O–H groups in total. The van der Waals surface area contributed by atoms with Crippen LogP contribution in [0.2, 0.25) is 0 Å². The van der Waals surface area contributed by atoms with Crippen molar-refractivity contribution in [3.8, 4) is 5.75 Å². The predicted molar refractivity (Wildman–Crippen MR) is 114 cm³/mol. The number of hydrogen-bond donors (Lipinski definition) is 2. The fourth-order valence-electron chi connectivity index (χ4n) is 2.76. The van der Waals surface area contributed by atoms with E-state index in [0.29, 0.717) is 22.1 Å². The highest BCUT2D eigenvalue weighted by molar-refractivity contribution is 7.11. The van der Waals surface area contributed by atoms with Gasteiger partial charge < -0.3 is 15.4 Å². The number of thiazole rings is 1.